The number of pyridine rings is 1. The van der Waals surface area contributed by atoms with E-state index in [9.17, 15) is 8.42 Å². The fourth-order valence-electron chi connectivity index (χ4n) is 1.35. The van der Waals surface area contributed by atoms with Crippen molar-refractivity contribution in [1.29, 1.82) is 0 Å². The first kappa shape index (κ1) is 14.3. The number of nitrogens with zero attached hydrogens (tertiary/aromatic N) is 2. The molecule has 0 atom stereocenters. The summed E-state index contributed by atoms with van der Waals surface area (Å²) in [4.78, 5) is 4.06. The first-order valence-electron chi connectivity index (χ1n) is 5.13. The van der Waals surface area contributed by atoms with Crippen molar-refractivity contribution in [2.75, 3.05) is 13.1 Å². The molecular formula is C11H15BrN2O2S. The summed E-state index contributed by atoms with van der Waals surface area (Å²) in [6, 6.07) is 1.55. The molecule has 94 valence electrons. The molecule has 0 aliphatic carbocycles. The van der Waals surface area contributed by atoms with Crippen LogP contribution in [0.5, 0.6) is 0 Å². The van der Waals surface area contributed by atoms with Gasteiger partial charge in [0.1, 0.15) is 4.90 Å². The van der Waals surface area contributed by atoms with Crippen LogP contribution in [0.4, 0.5) is 0 Å². The van der Waals surface area contributed by atoms with Gasteiger partial charge in [-0.1, -0.05) is 19.1 Å². The van der Waals surface area contributed by atoms with Crippen LogP contribution in [-0.2, 0) is 10.0 Å². The van der Waals surface area contributed by atoms with Crippen molar-refractivity contribution in [3.8, 4) is 0 Å². The van der Waals surface area contributed by atoms with E-state index < -0.39 is 10.0 Å². The lowest BCUT2D eigenvalue weighted by molar-refractivity contribution is 0.452. The molecule has 0 saturated carbocycles. The maximum absolute atomic E-state index is 12.3. The second-order valence-electron chi connectivity index (χ2n) is 3.73. The van der Waals surface area contributed by atoms with E-state index in [0.717, 1.165) is 5.57 Å². The Balaban J connectivity index is 3.13. The molecule has 0 radical (unpaired) electrons. The van der Waals surface area contributed by atoms with Crippen molar-refractivity contribution in [1.82, 2.24) is 9.29 Å². The number of hydrogen-bond donors (Lipinski definition) is 0. The van der Waals surface area contributed by atoms with Crippen LogP contribution >= 0.6 is 15.9 Å². The van der Waals surface area contributed by atoms with E-state index in [4.69, 9.17) is 0 Å². The Kier molecular flexibility index (Phi) is 4.85. The first-order valence-corrected chi connectivity index (χ1v) is 7.36. The summed E-state index contributed by atoms with van der Waals surface area (Å²) < 4.78 is 26.6. The maximum atomic E-state index is 12.3. The van der Waals surface area contributed by atoms with Crippen molar-refractivity contribution < 1.29 is 8.42 Å². The molecule has 0 aliphatic rings. The smallest absolute Gasteiger partial charge is 0.244 e. The minimum absolute atomic E-state index is 0.190. The molecule has 1 heterocycles. The fourth-order valence-corrected chi connectivity index (χ4v) is 3.37. The zero-order chi connectivity index (χ0) is 13.1. The van der Waals surface area contributed by atoms with Crippen LogP contribution in [0, 0.1) is 0 Å². The fraction of sp³-hybridized carbons (Fsp3) is 0.364. The number of hydrogen-bond acceptors (Lipinski definition) is 3. The first-order chi connectivity index (χ1) is 7.87. The highest BCUT2D eigenvalue weighted by molar-refractivity contribution is 9.10. The van der Waals surface area contributed by atoms with Gasteiger partial charge in [-0.3, -0.25) is 4.98 Å². The van der Waals surface area contributed by atoms with Gasteiger partial charge in [-0.15, -0.1) is 0 Å². The Morgan fingerprint density at radius 2 is 2.18 bits per heavy atom. The Hall–Kier alpha value is -0.720. The van der Waals surface area contributed by atoms with E-state index in [2.05, 4.69) is 27.5 Å². The van der Waals surface area contributed by atoms with Gasteiger partial charge in [-0.2, -0.15) is 4.31 Å². The molecule has 0 amide bonds. The van der Waals surface area contributed by atoms with Gasteiger partial charge >= 0.3 is 0 Å². The zero-order valence-corrected chi connectivity index (χ0v) is 12.3. The third-order valence-electron chi connectivity index (χ3n) is 2.12. The number of sulfonamides is 1. The zero-order valence-electron chi connectivity index (χ0n) is 9.85. The largest absolute Gasteiger partial charge is 0.262 e. The molecule has 0 N–H and O–H groups in total. The SMILES string of the molecule is C=C(C)CN(CC)S(=O)(=O)c1cncc(Br)c1. The Morgan fingerprint density at radius 1 is 1.53 bits per heavy atom. The summed E-state index contributed by atoms with van der Waals surface area (Å²) in [5.41, 5.74) is 0.804. The van der Waals surface area contributed by atoms with Gasteiger partial charge in [0.2, 0.25) is 10.0 Å². The molecule has 0 spiro atoms. The van der Waals surface area contributed by atoms with Crippen molar-refractivity contribution in [2.45, 2.75) is 18.7 Å². The molecule has 0 unspecified atom stereocenters. The molecular weight excluding hydrogens is 304 g/mol. The predicted octanol–water partition coefficient (Wildman–Crippen LogP) is 2.43. The van der Waals surface area contributed by atoms with Crippen molar-refractivity contribution in [2.24, 2.45) is 0 Å². The summed E-state index contributed by atoms with van der Waals surface area (Å²) in [6.45, 7) is 8.07. The van der Waals surface area contributed by atoms with Crippen LogP contribution in [0.15, 0.2) is 40.0 Å². The molecule has 1 aromatic heterocycles. The summed E-state index contributed by atoms with van der Waals surface area (Å²) in [5, 5.41) is 0. The van der Waals surface area contributed by atoms with Crippen molar-refractivity contribution >= 4 is 26.0 Å². The Bertz CT molecular complexity index is 514. The van der Waals surface area contributed by atoms with E-state index >= 15 is 0 Å². The quantitative estimate of drug-likeness (QED) is 0.783. The van der Waals surface area contributed by atoms with Gasteiger partial charge in [0.15, 0.2) is 0 Å². The molecule has 4 nitrogen and oxygen atoms in total. The second kappa shape index (κ2) is 5.75. The van der Waals surface area contributed by atoms with Gasteiger partial charge in [0, 0.05) is 30.0 Å². The molecule has 0 fully saturated rings. The van der Waals surface area contributed by atoms with E-state index in [-0.39, 0.29) is 4.90 Å². The number of likely N-dealkylation sites (N-methyl/N-ethyl adjacent to an activating group) is 1. The van der Waals surface area contributed by atoms with Crippen LogP contribution in [0.25, 0.3) is 0 Å². The lowest BCUT2D eigenvalue weighted by Gasteiger charge is -2.20. The summed E-state index contributed by atoms with van der Waals surface area (Å²) in [7, 11) is -3.49. The predicted molar refractivity (Wildman–Crippen MR) is 71.2 cm³/mol. The molecule has 0 aliphatic heterocycles. The van der Waals surface area contributed by atoms with Crippen LogP contribution in [0.2, 0.25) is 0 Å². The molecule has 0 aromatic carbocycles. The third kappa shape index (κ3) is 3.62. The highest BCUT2D eigenvalue weighted by Gasteiger charge is 2.23. The standard InChI is InChI=1S/C11H15BrN2O2S/c1-4-14(8-9(2)3)17(15,16)11-5-10(12)6-13-7-11/h5-7H,2,4,8H2,1,3H3. The molecule has 1 rings (SSSR count). The van der Waals surface area contributed by atoms with E-state index in [1.54, 1.807) is 26.1 Å². The lowest BCUT2D eigenvalue weighted by atomic mass is 10.3. The van der Waals surface area contributed by atoms with Crippen molar-refractivity contribution in [3.63, 3.8) is 0 Å². The molecule has 0 saturated heterocycles. The highest BCUT2D eigenvalue weighted by atomic mass is 79.9. The molecule has 6 heteroatoms. The van der Waals surface area contributed by atoms with E-state index in [0.29, 0.717) is 17.6 Å². The average Bonchev–Trinajstić information content (AvgIpc) is 2.25. The Labute approximate surface area is 111 Å². The van der Waals surface area contributed by atoms with E-state index in [1.165, 1.54) is 10.5 Å². The lowest BCUT2D eigenvalue weighted by Crippen LogP contribution is -2.32. The van der Waals surface area contributed by atoms with Gasteiger partial charge in [0.05, 0.1) is 0 Å². The number of halogens is 1. The van der Waals surface area contributed by atoms with Gasteiger partial charge in [-0.25, -0.2) is 8.42 Å². The molecule has 17 heavy (non-hydrogen) atoms. The van der Waals surface area contributed by atoms with Gasteiger partial charge in [-0.05, 0) is 28.9 Å². The number of rotatable bonds is 5. The number of aromatic nitrogens is 1. The third-order valence-corrected chi connectivity index (χ3v) is 4.44. The summed E-state index contributed by atoms with van der Waals surface area (Å²) >= 11 is 3.21. The molecule has 1 aromatic rings. The van der Waals surface area contributed by atoms with Crippen LogP contribution in [-0.4, -0.2) is 30.8 Å². The normalized spacial score (nSPS) is 11.8. The second-order valence-corrected chi connectivity index (χ2v) is 6.58. The molecule has 0 bridgehead atoms. The van der Waals surface area contributed by atoms with Gasteiger partial charge in [0.25, 0.3) is 0 Å². The minimum atomic E-state index is -3.49. The highest BCUT2D eigenvalue weighted by Crippen LogP contribution is 2.19. The average molecular weight is 319 g/mol. The summed E-state index contributed by atoms with van der Waals surface area (Å²) in [5.74, 6) is 0. The minimum Gasteiger partial charge on any atom is -0.262 e. The Morgan fingerprint density at radius 3 is 2.65 bits per heavy atom. The maximum Gasteiger partial charge on any atom is 0.244 e. The van der Waals surface area contributed by atoms with Gasteiger partial charge < -0.3 is 0 Å². The monoisotopic (exact) mass is 318 g/mol. The van der Waals surface area contributed by atoms with Crippen LogP contribution in [0.1, 0.15) is 13.8 Å². The van der Waals surface area contributed by atoms with Crippen LogP contribution < -0.4 is 0 Å². The summed E-state index contributed by atoms with van der Waals surface area (Å²) in [6.07, 6.45) is 2.90. The van der Waals surface area contributed by atoms with E-state index in [1.807, 2.05) is 0 Å². The topological polar surface area (TPSA) is 50.3 Å². The van der Waals surface area contributed by atoms with Crippen LogP contribution in [0.3, 0.4) is 0 Å². The van der Waals surface area contributed by atoms with Crippen molar-refractivity contribution in [3.05, 3.63) is 35.1 Å².